The lowest BCUT2D eigenvalue weighted by atomic mass is 10.1. The van der Waals surface area contributed by atoms with Crippen molar-refractivity contribution in [1.29, 1.82) is 0 Å². The van der Waals surface area contributed by atoms with Crippen molar-refractivity contribution in [2.45, 2.75) is 24.3 Å². The van der Waals surface area contributed by atoms with Crippen LogP contribution in [-0.2, 0) is 4.79 Å². The van der Waals surface area contributed by atoms with Gasteiger partial charge in [-0.1, -0.05) is 41.1 Å². The smallest absolute Gasteiger partial charge is 0.277 e. The molecule has 26 heavy (non-hydrogen) atoms. The van der Waals surface area contributed by atoms with E-state index in [0.717, 1.165) is 22.9 Å². The maximum absolute atomic E-state index is 13.2. The number of halogens is 2. The highest BCUT2D eigenvalue weighted by Gasteiger charge is 2.19. The molecule has 1 aromatic heterocycles. The molecule has 8 heteroatoms. The van der Waals surface area contributed by atoms with Crippen LogP contribution in [-0.4, -0.2) is 21.4 Å². The Balaban J connectivity index is 1.65. The first kappa shape index (κ1) is 18.4. The van der Waals surface area contributed by atoms with Gasteiger partial charge in [0.05, 0.1) is 10.3 Å². The van der Waals surface area contributed by atoms with Crippen LogP contribution in [0.3, 0.4) is 0 Å². The lowest BCUT2D eigenvalue weighted by Gasteiger charge is -2.10. The molecule has 5 nitrogen and oxygen atoms in total. The van der Waals surface area contributed by atoms with Crippen molar-refractivity contribution in [3.63, 3.8) is 0 Å². The van der Waals surface area contributed by atoms with Gasteiger partial charge in [0.15, 0.2) is 0 Å². The molecule has 0 aliphatic carbocycles. The van der Waals surface area contributed by atoms with Crippen LogP contribution in [0.2, 0.25) is 5.02 Å². The Morgan fingerprint density at radius 1 is 1.27 bits per heavy atom. The molecule has 0 radical (unpaired) electrons. The molecule has 134 valence electrons. The summed E-state index contributed by atoms with van der Waals surface area (Å²) in [7, 11) is 0. The van der Waals surface area contributed by atoms with E-state index in [9.17, 15) is 9.18 Å². The standard InChI is InChI=1S/C18H15ClFN3O2S/c1-10-4-3-5-12(8-10)17-22-23-18(25-17)26-11(2)16(24)21-13-6-7-15(20)14(19)9-13/h3-9,11H,1-2H3,(H,21,24)/t11-/m1/s1. The second kappa shape index (κ2) is 7.88. The Morgan fingerprint density at radius 2 is 2.08 bits per heavy atom. The zero-order valence-electron chi connectivity index (χ0n) is 14.0. The van der Waals surface area contributed by atoms with E-state index in [1.165, 1.54) is 18.2 Å². The van der Waals surface area contributed by atoms with E-state index in [0.29, 0.717) is 16.8 Å². The maximum Gasteiger partial charge on any atom is 0.277 e. The second-order valence-electron chi connectivity index (χ2n) is 5.62. The summed E-state index contributed by atoms with van der Waals surface area (Å²) in [6.07, 6.45) is 0. The van der Waals surface area contributed by atoms with E-state index in [1.807, 2.05) is 31.2 Å². The Hall–Kier alpha value is -2.38. The molecule has 3 aromatic rings. The molecule has 3 rings (SSSR count). The van der Waals surface area contributed by atoms with E-state index in [-0.39, 0.29) is 10.9 Å². The number of nitrogens with zero attached hydrogens (tertiary/aromatic N) is 2. The molecule has 1 atom stereocenters. The van der Waals surface area contributed by atoms with E-state index >= 15 is 0 Å². The van der Waals surface area contributed by atoms with Gasteiger partial charge in [0, 0.05) is 11.3 Å². The number of anilines is 1. The van der Waals surface area contributed by atoms with Crippen LogP contribution in [0.15, 0.2) is 52.1 Å². The van der Waals surface area contributed by atoms with Crippen LogP contribution in [0.5, 0.6) is 0 Å². The van der Waals surface area contributed by atoms with Crippen molar-refractivity contribution in [3.05, 3.63) is 58.9 Å². The van der Waals surface area contributed by atoms with Gasteiger partial charge in [0.1, 0.15) is 5.82 Å². The highest BCUT2D eigenvalue weighted by atomic mass is 35.5. The highest BCUT2D eigenvalue weighted by molar-refractivity contribution is 8.00. The Kier molecular flexibility index (Phi) is 5.58. The number of aromatic nitrogens is 2. The summed E-state index contributed by atoms with van der Waals surface area (Å²) in [6, 6.07) is 11.7. The van der Waals surface area contributed by atoms with Gasteiger partial charge in [-0.15, -0.1) is 10.2 Å². The number of hydrogen-bond donors (Lipinski definition) is 1. The van der Waals surface area contributed by atoms with Gasteiger partial charge in [-0.25, -0.2) is 4.39 Å². The largest absolute Gasteiger partial charge is 0.411 e. The fourth-order valence-corrected chi connectivity index (χ4v) is 3.04. The van der Waals surface area contributed by atoms with Crippen LogP contribution in [0.25, 0.3) is 11.5 Å². The Bertz CT molecular complexity index is 948. The molecule has 1 amide bonds. The van der Waals surface area contributed by atoms with E-state index in [4.69, 9.17) is 16.0 Å². The average molecular weight is 392 g/mol. The molecule has 1 N–H and O–H groups in total. The van der Waals surface area contributed by atoms with Crippen molar-refractivity contribution >= 4 is 35.0 Å². The van der Waals surface area contributed by atoms with Gasteiger partial charge in [-0.2, -0.15) is 0 Å². The lowest BCUT2D eigenvalue weighted by molar-refractivity contribution is -0.115. The molecule has 0 bridgehead atoms. The minimum Gasteiger partial charge on any atom is -0.411 e. The lowest BCUT2D eigenvalue weighted by Crippen LogP contribution is -2.22. The third-order valence-corrected chi connectivity index (χ3v) is 4.73. The zero-order valence-corrected chi connectivity index (χ0v) is 15.6. The monoisotopic (exact) mass is 391 g/mol. The molecule has 0 aliphatic rings. The van der Waals surface area contributed by atoms with E-state index in [2.05, 4.69) is 15.5 Å². The van der Waals surface area contributed by atoms with Crippen LogP contribution in [0, 0.1) is 12.7 Å². The van der Waals surface area contributed by atoms with Crippen LogP contribution < -0.4 is 5.32 Å². The molecule has 2 aromatic carbocycles. The van der Waals surface area contributed by atoms with E-state index < -0.39 is 11.1 Å². The van der Waals surface area contributed by atoms with Crippen LogP contribution in [0.4, 0.5) is 10.1 Å². The average Bonchev–Trinajstić information content (AvgIpc) is 3.06. The molecular weight excluding hydrogens is 377 g/mol. The molecule has 0 unspecified atom stereocenters. The van der Waals surface area contributed by atoms with Gasteiger partial charge < -0.3 is 9.73 Å². The third-order valence-electron chi connectivity index (χ3n) is 3.51. The Labute approximate surface area is 159 Å². The predicted molar refractivity (Wildman–Crippen MR) is 99.8 cm³/mol. The number of benzene rings is 2. The fraction of sp³-hybridized carbons (Fsp3) is 0.167. The summed E-state index contributed by atoms with van der Waals surface area (Å²) in [5, 5.41) is 10.4. The highest BCUT2D eigenvalue weighted by Crippen LogP contribution is 2.27. The number of carbonyl (C=O) groups is 1. The van der Waals surface area contributed by atoms with Crippen LogP contribution in [0.1, 0.15) is 12.5 Å². The maximum atomic E-state index is 13.2. The first-order valence-corrected chi connectivity index (χ1v) is 9.01. The molecular formula is C18H15ClFN3O2S. The van der Waals surface area contributed by atoms with Crippen molar-refractivity contribution in [2.75, 3.05) is 5.32 Å². The van der Waals surface area contributed by atoms with Crippen molar-refractivity contribution in [3.8, 4) is 11.5 Å². The predicted octanol–water partition coefficient (Wildman–Crippen LogP) is 4.96. The van der Waals surface area contributed by atoms with Crippen LogP contribution >= 0.6 is 23.4 Å². The summed E-state index contributed by atoms with van der Waals surface area (Å²) in [6.45, 7) is 3.69. The topological polar surface area (TPSA) is 68.0 Å². The third kappa shape index (κ3) is 4.42. The minimum absolute atomic E-state index is 0.0530. The number of carbonyl (C=O) groups excluding carboxylic acids is 1. The number of aryl methyl sites for hydroxylation is 1. The molecule has 0 spiro atoms. The first-order chi connectivity index (χ1) is 12.4. The quantitative estimate of drug-likeness (QED) is 0.623. The zero-order chi connectivity index (χ0) is 18.7. The number of rotatable bonds is 5. The SMILES string of the molecule is Cc1cccc(-c2nnc(S[C@H](C)C(=O)Nc3ccc(F)c(Cl)c3)o2)c1. The van der Waals surface area contributed by atoms with Gasteiger partial charge in [-0.3, -0.25) is 4.79 Å². The summed E-state index contributed by atoms with van der Waals surface area (Å²) in [4.78, 5) is 12.3. The summed E-state index contributed by atoms with van der Waals surface area (Å²) in [5.41, 5.74) is 2.32. The number of hydrogen-bond acceptors (Lipinski definition) is 5. The summed E-state index contributed by atoms with van der Waals surface area (Å²) in [5.74, 6) is -0.427. The molecule has 0 saturated carbocycles. The normalized spacial score (nSPS) is 12.0. The molecule has 0 aliphatic heterocycles. The summed E-state index contributed by atoms with van der Waals surface area (Å²) >= 11 is 6.85. The fourth-order valence-electron chi connectivity index (χ4n) is 2.17. The number of amides is 1. The van der Waals surface area contributed by atoms with Gasteiger partial charge in [0.25, 0.3) is 5.22 Å². The minimum atomic E-state index is -0.540. The van der Waals surface area contributed by atoms with Crippen molar-refractivity contribution in [2.24, 2.45) is 0 Å². The first-order valence-electron chi connectivity index (χ1n) is 7.75. The van der Waals surface area contributed by atoms with Crippen molar-refractivity contribution in [1.82, 2.24) is 10.2 Å². The number of nitrogens with one attached hydrogen (secondary N) is 1. The second-order valence-corrected chi connectivity index (χ2v) is 7.32. The molecule has 0 saturated heterocycles. The summed E-state index contributed by atoms with van der Waals surface area (Å²) < 4.78 is 18.8. The Morgan fingerprint density at radius 3 is 2.81 bits per heavy atom. The van der Waals surface area contributed by atoms with Gasteiger partial charge in [0.2, 0.25) is 11.8 Å². The number of thioether (sulfide) groups is 1. The van der Waals surface area contributed by atoms with E-state index in [1.54, 1.807) is 6.92 Å². The van der Waals surface area contributed by atoms with Gasteiger partial charge in [-0.05, 0) is 44.2 Å². The van der Waals surface area contributed by atoms with Crippen molar-refractivity contribution < 1.29 is 13.6 Å². The molecule has 0 fully saturated rings. The van der Waals surface area contributed by atoms with Gasteiger partial charge >= 0.3 is 0 Å². The molecule has 1 heterocycles.